The van der Waals surface area contributed by atoms with Crippen LogP contribution < -0.4 is 5.32 Å². The molecular weight excluding hydrogens is 378 g/mol. The predicted octanol–water partition coefficient (Wildman–Crippen LogP) is 2.34. The number of hydrogen-bond donors (Lipinski definition) is 1. The molecule has 28 heavy (non-hydrogen) atoms. The van der Waals surface area contributed by atoms with Crippen LogP contribution in [0.3, 0.4) is 0 Å². The maximum Gasteiger partial charge on any atom is 0.307 e. The van der Waals surface area contributed by atoms with Crippen molar-refractivity contribution in [3.63, 3.8) is 0 Å². The number of nitrogens with one attached hydrogen (secondary N) is 1. The average molecular weight is 398 g/mol. The first-order chi connectivity index (χ1) is 13.1. The second-order valence-corrected chi connectivity index (χ2v) is 6.88. The van der Waals surface area contributed by atoms with E-state index in [1.165, 1.54) is 6.92 Å². The number of amides is 1. The number of rotatable bonds is 7. The molecule has 1 aliphatic rings. The molecule has 0 aromatic heterocycles. The molecule has 1 N–H and O–H groups in total. The summed E-state index contributed by atoms with van der Waals surface area (Å²) in [4.78, 5) is 46.5. The fourth-order valence-corrected chi connectivity index (χ4v) is 3.31. The predicted molar refractivity (Wildman–Crippen MR) is 92.8 cm³/mol. The molecule has 1 aliphatic carbocycles. The second kappa shape index (κ2) is 8.85. The van der Waals surface area contributed by atoms with Gasteiger partial charge in [0.15, 0.2) is 6.10 Å². The molecule has 0 radical (unpaired) electrons. The van der Waals surface area contributed by atoms with Crippen LogP contribution in [-0.4, -0.2) is 35.2 Å². The summed E-state index contributed by atoms with van der Waals surface area (Å²) in [6.45, 7) is 2.51. The zero-order valence-electron chi connectivity index (χ0n) is 15.3. The zero-order valence-corrected chi connectivity index (χ0v) is 15.3. The Kier molecular flexibility index (Phi) is 6.76. The highest BCUT2D eigenvalue weighted by atomic mass is 19.1. The van der Waals surface area contributed by atoms with Gasteiger partial charge in [0.05, 0.1) is 12.1 Å². The topological polar surface area (TPSA) is 116 Å². The van der Waals surface area contributed by atoms with Crippen LogP contribution in [0.1, 0.15) is 26.7 Å². The van der Waals surface area contributed by atoms with Gasteiger partial charge in [0.1, 0.15) is 17.4 Å². The monoisotopic (exact) mass is 398 g/mol. The molecule has 0 aliphatic heterocycles. The van der Waals surface area contributed by atoms with Gasteiger partial charge in [0, 0.05) is 29.2 Å². The largest absolute Gasteiger partial charge is 0.453 e. The van der Waals surface area contributed by atoms with Gasteiger partial charge in [0.25, 0.3) is 5.91 Å². The molecule has 1 saturated carbocycles. The molecule has 152 valence electrons. The molecule has 0 heterocycles. The minimum absolute atomic E-state index is 0.144. The van der Waals surface area contributed by atoms with E-state index in [1.54, 1.807) is 6.92 Å². The Morgan fingerprint density at radius 3 is 2.71 bits per heavy atom. The number of esters is 1. The molecule has 1 fully saturated rings. The van der Waals surface area contributed by atoms with E-state index < -0.39 is 58.6 Å². The van der Waals surface area contributed by atoms with Gasteiger partial charge in [-0.1, -0.05) is 6.92 Å². The van der Waals surface area contributed by atoms with Crippen molar-refractivity contribution in [3.05, 3.63) is 39.9 Å². The van der Waals surface area contributed by atoms with Gasteiger partial charge in [-0.05, 0) is 25.0 Å². The van der Waals surface area contributed by atoms with E-state index in [0.29, 0.717) is 0 Å². The maximum atomic E-state index is 13.6. The van der Waals surface area contributed by atoms with Crippen LogP contribution in [-0.2, 0) is 19.1 Å². The van der Waals surface area contributed by atoms with E-state index in [2.05, 4.69) is 5.32 Å². The van der Waals surface area contributed by atoms with Gasteiger partial charge in [-0.3, -0.25) is 24.5 Å². The molecule has 2 rings (SSSR count). The lowest BCUT2D eigenvalue weighted by Crippen LogP contribution is -2.32. The number of benzene rings is 1. The van der Waals surface area contributed by atoms with Gasteiger partial charge in [-0.2, -0.15) is 0 Å². The lowest BCUT2D eigenvalue weighted by atomic mass is 9.88. The minimum Gasteiger partial charge on any atom is -0.453 e. The van der Waals surface area contributed by atoms with Crippen molar-refractivity contribution in [2.75, 3.05) is 11.9 Å². The van der Waals surface area contributed by atoms with Crippen LogP contribution >= 0.6 is 0 Å². The first kappa shape index (κ1) is 21.4. The molecule has 1 amide bonds. The summed E-state index contributed by atoms with van der Waals surface area (Å²) >= 11 is 0. The van der Waals surface area contributed by atoms with Crippen molar-refractivity contribution in [2.45, 2.75) is 32.8 Å². The molecule has 1 aromatic carbocycles. The first-order valence-corrected chi connectivity index (χ1v) is 8.68. The van der Waals surface area contributed by atoms with Gasteiger partial charge in [0.2, 0.25) is 6.54 Å². The number of Topliss-reactive ketones (excluding diaryl/α,β-unsaturated/α-hetero) is 1. The Morgan fingerprint density at radius 1 is 1.39 bits per heavy atom. The van der Waals surface area contributed by atoms with Crippen LogP contribution in [0, 0.1) is 39.5 Å². The third kappa shape index (κ3) is 5.30. The number of carbonyl (C=O) groups is 3. The van der Waals surface area contributed by atoms with Crippen molar-refractivity contribution < 1.29 is 32.8 Å². The van der Waals surface area contributed by atoms with Gasteiger partial charge < -0.3 is 10.1 Å². The molecule has 0 bridgehead atoms. The molecular formula is C18H20F2N2O6. The normalized spacial score (nSPS) is 22.6. The van der Waals surface area contributed by atoms with Crippen molar-refractivity contribution in [2.24, 2.45) is 17.8 Å². The average Bonchev–Trinajstić information content (AvgIpc) is 2.84. The quantitative estimate of drug-likeness (QED) is 0.428. The van der Waals surface area contributed by atoms with E-state index in [0.717, 1.165) is 18.2 Å². The summed E-state index contributed by atoms with van der Waals surface area (Å²) in [7, 11) is 0. The summed E-state index contributed by atoms with van der Waals surface area (Å²) in [6, 6.07) is 2.50. The Hall–Kier alpha value is -2.91. The number of anilines is 1. The van der Waals surface area contributed by atoms with Crippen LogP contribution in [0.15, 0.2) is 18.2 Å². The zero-order chi connectivity index (χ0) is 21.0. The molecule has 8 nitrogen and oxygen atoms in total. The summed E-state index contributed by atoms with van der Waals surface area (Å²) in [5.41, 5.74) is -0.404. The molecule has 4 atom stereocenters. The molecule has 1 aromatic rings. The SMILES string of the molecule is C[C@H](OC(=O)C[C@@H]1C(=O)C[C@H](C)[C@H]1C[N+](=O)[O-])C(=O)Nc1cc(F)ccc1F. The number of ether oxygens (including phenoxy) is 1. The number of nitrogens with zero attached hydrogens (tertiary/aromatic N) is 1. The van der Waals surface area contributed by atoms with Crippen LogP contribution in [0.5, 0.6) is 0 Å². The smallest absolute Gasteiger partial charge is 0.307 e. The van der Waals surface area contributed by atoms with E-state index in [-0.39, 0.29) is 24.5 Å². The van der Waals surface area contributed by atoms with Crippen LogP contribution in [0.4, 0.5) is 14.5 Å². The third-order valence-electron chi connectivity index (χ3n) is 4.79. The van der Waals surface area contributed by atoms with Crippen molar-refractivity contribution in [1.82, 2.24) is 0 Å². The van der Waals surface area contributed by atoms with E-state index in [9.17, 15) is 33.3 Å². The summed E-state index contributed by atoms with van der Waals surface area (Å²) in [6.07, 6.45) is -1.57. The number of nitro groups is 1. The Bertz CT molecular complexity index is 800. The Balaban J connectivity index is 1.95. The fourth-order valence-electron chi connectivity index (χ4n) is 3.31. The van der Waals surface area contributed by atoms with Gasteiger partial charge in [-0.25, -0.2) is 8.78 Å². The van der Waals surface area contributed by atoms with E-state index in [1.807, 2.05) is 0 Å². The lowest BCUT2D eigenvalue weighted by molar-refractivity contribution is -0.490. The lowest BCUT2D eigenvalue weighted by Gasteiger charge is -2.18. The molecule has 0 saturated heterocycles. The van der Waals surface area contributed by atoms with Crippen molar-refractivity contribution in [1.29, 1.82) is 0 Å². The number of hydrogen-bond acceptors (Lipinski definition) is 6. The Morgan fingerprint density at radius 2 is 2.07 bits per heavy atom. The van der Waals surface area contributed by atoms with Gasteiger partial charge in [-0.15, -0.1) is 0 Å². The highest BCUT2D eigenvalue weighted by molar-refractivity contribution is 5.95. The number of ketones is 1. The molecule has 10 heteroatoms. The van der Waals surface area contributed by atoms with Crippen molar-refractivity contribution in [3.8, 4) is 0 Å². The summed E-state index contributed by atoms with van der Waals surface area (Å²) < 4.78 is 31.7. The van der Waals surface area contributed by atoms with E-state index in [4.69, 9.17) is 4.74 Å². The third-order valence-corrected chi connectivity index (χ3v) is 4.79. The standard InChI is InChI=1S/C18H20F2N2O6/c1-9-5-16(23)12(13(9)8-22(26)27)7-17(24)28-10(2)18(25)21-15-6-11(19)3-4-14(15)20/h3-4,6,9-10,12-13H,5,7-8H2,1-2H3,(H,21,25)/t9-,10-,12-,13+/m0/s1. The molecule has 0 spiro atoms. The number of halogens is 2. The Labute approximate surface area is 159 Å². The first-order valence-electron chi connectivity index (χ1n) is 8.68. The molecule has 0 unspecified atom stereocenters. The summed E-state index contributed by atoms with van der Waals surface area (Å²) in [5.74, 6) is -5.28. The summed E-state index contributed by atoms with van der Waals surface area (Å²) in [5, 5.41) is 12.9. The van der Waals surface area contributed by atoms with E-state index >= 15 is 0 Å². The highest BCUT2D eigenvalue weighted by Crippen LogP contribution is 2.36. The second-order valence-electron chi connectivity index (χ2n) is 6.88. The van der Waals surface area contributed by atoms with Crippen molar-refractivity contribution >= 4 is 23.3 Å². The van der Waals surface area contributed by atoms with Crippen LogP contribution in [0.2, 0.25) is 0 Å². The highest BCUT2D eigenvalue weighted by Gasteiger charge is 2.44. The maximum absolute atomic E-state index is 13.6. The van der Waals surface area contributed by atoms with Crippen LogP contribution in [0.25, 0.3) is 0 Å². The van der Waals surface area contributed by atoms with Gasteiger partial charge >= 0.3 is 5.97 Å². The fraction of sp³-hybridized carbons (Fsp3) is 0.500. The minimum atomic E-state index is -1.34. The number of carbonyl (C=O) groups excluding carboxylic acids is 3.